The van der Waals surface area contributed by atoms with Gasteiger partial charge in [-0.05, 0) is 30.4 Å². The van der Waals surface area contributed by atoms with E-state index in [-0.39, 0.29) is 0 Å². The molecule has 1 N–H and O–H groups in total. The van der Waals surface area contributed by atoms with Crippen LogP contribution in [0, 0.1) is 4.77 Å². The predicted molar refractivity (Wildman–Crippen MR) is 70.2 cm³/mol. The van der Waals surface area contributed by atoms with E-state index in [4.69, 9.17) is 12.2 Å². The van der Waals surface area contributed by atoms with E-state index in [1.54, 1.807) is 6.20 Å². The van der Waals surface area contributed by atoms with Gasteiger partial charge in [0.05, 0.1) is 16.9 Å². The van der Waals surface area contributed by atoms with E-state index in [0.29, 0.717) is 4.77 Å². The fourth-order valence-corrected chi connectivity index (χ4v) is 1.90. The number of aromatic nitrogens is 3. The van der Waals surface area contributed by atoms with Crippen molar-refractivity contribution in [3.05, 3.63) is 53.4 Å². The molecule has 0 bridgehead atoms. The lowest BCUT2D eigenvalue weighted by Gasteiger charge is -2.02. The standard InChI is InChI=1S/C13H9N3S/c17-13-14-8-7-12(16-13)11-6-5-9-3-1-2-4-10(9)15-11/h1-8H,(H,14,16,17). The van der Waals surface area contributed by atoms with Gasteiger partial charge in [0.25, 0.3) is 0 Å². The maximum atomic E-state index is 5.00. The van der Waals surface area contributed by atoms with Crippen LogP contribution in [0.4, 0.5) is 0 Å². The van der Waals surface area contributed by atoms with Crippen LogP contribution in [0.1, 0.15) is 0 Å². The molecule has 1 aromatic carbocycles. The van der Waals surface area contributed by atoms with Crippen LogP contribution in [0.3, 0.4) is 0 Å². The molecule has 3 nitrogen and oxygen atoms in total. The normalized spacial score (nSPS) is 10.6. The molecule has 0 unspecified atom stereocenters. The van der Waals surface area contributed by atoms with E-state index in [1.807, 2.05) is 36.4 Å². The van der Waals surface area contributed by atoms with E-state index in [2.05, 4.69) is 21.0 Å². The first-order chi connectivity index (χ1) is 8.33. The third-order valence-corrected chi connectivity index (χ3v) is 2.76. The van der Waals surface area contributed by atoms with Crippen molar-refractivity contribution < 1.29 is 0 Å². The summed E-state index contributed by atoms with van der Waals surface area (Å²) in [6, 6.07) is 13.9. The first-order valence-electron chi connectivity index (χ1n) is 5.24. The first kappa shape index (κ1) is 10.1. The zero-order chi connectivity index (χ0) is 11.7. The second-order valence-corrected chi connectivity index (χ2v) is 4.06. The van der Waals surface area contributed by atoms with E-state index >= 15 is 0 Å². The van der Waals surface area contributed by atoms with Crippen molar-refractivity contribution in [1.82, 2.24) is 15.0 Å². The molecule has 0 saturated carbocycles. The van der Waals surface area contributed by atoms with Gasteiger partial charge in [-0.15, -0.1) is 0 Å². The lowest BCUT2D eigenvalue weighted by Crippen LogP contribution is -1.89. The van der Waals surface area contributed by atoms with E-state index in [0.717, 1.165) is 22.3 Å². The van der Waals surface area contributed by atoms with Gasteiger partial charge >= 0.3 is 0 Å². The number of pyridine rings is 1. The summed E-state index contributed by atoms with van der Waals surface area (Å²) in [5.74, 6) is 0. The Morgan fingerprint density at radius 1 is 1.00 bits per heavy atom. The maximum Gasteiger partial charge on any atom is 0.197 e. The van der Waals surface area contributed by atoms with Crippen molar-refractivity contribution in [2.24, 2.45) is 0 Å². The van der Waals surface area contributed by atoms with Crippen molar-refractivity contribution in [2.75, 3.05) is 0 Å². The molecule has 0 aliphatic heterocycles. The Morgan fingerprint density at radius 2 is 1.88 bits per heavy atom. The molecule has 17 heavy (non-hydrogen) atoms. The van der Waals surface area contributed by atoms with E-state index in [1.165, 1.54) is 0 Å². The number of nitrogens with zero attached hydrogens (tertiary/aromatic N) is 2. The average molecular weight is 239 g/mol. The van der Waals surface area contributed by atoms with E-state index < -0.39 is 0 Å². The van der Waals surface area contributed by atoms with Gasteiger partial charge in [0, 0.05) is 11.6 Å². The number of fused-ring (bicyclic) bond motifs is 1. The summed E-state index contributed by atoms with van der Waals surface area (Å²) >= 11 is 5.00. The van der Waals surface area contributed by atoms with Crippen LogP contribution in [0.2, 0.25) is 0 Å². The van der Waals surface area contributed by atoms with Gasteiger partial charge in [-0.2, -0.15) is 0 Å². The molecule has 0 radical (unpaired) electrons. The second-order valence-electron chi connectivity index (χ2n) is 3.68. The Morgan fingerprint density at radius 3 is 2.76 bits per heavy atom. The number of rotatable bonds is 1. The van der Waals surface area contributed by atoms with Crippen LogP contribution < -0.4 is 0 Å². The van der Waals surface area contributed by atoms with Crippen molar-refractivity contribution >= 4 is 23.1 Å². The molecule has 2 aromatic heterocycles. The summed E-state index contributed by atoms with van der Waals surface area (Å²) in [6.45, 7) is 0. The smallest absolute Gasteiger partial charge is 0.197 e. The number of aromatic amines is 1. The molecule has 0 atom stereocenters. The maximum absolute atomic E-state index is 5.00. The van der Waals surface area contributed by atoms with Gasteiger partial charge in [-0.3, -0.25) is 0 Å². The quantitative estimate of drug-likeness (QED) is 0.662. The third kappa shape index (κ3) is 1.94. The average Bonchev–Trinajstić information content (AvgIpc) is 2.38. The van der Waals surface area contributed by atoms with Crippen LogP contribution >= 0.6 is 12.2 Å². The molecule has 2 heterocycles. The molecule has 0 amide bonds. The minimum atomic E-state index is 0.470. The number of nitrogens with one attached hydrogen (secondary N) is 1. The van der Waals surface area contributed by atoms with Crippen LogP contribution in [-0.4, -0.2) is 15.0 Å². The van der Waals surface area contributed by atoms with Crippen molar-refractivity contribution in [2.45, 2.75) is 0 Å². The summed E-state index contributed by atoms with van der Waals surface area (Å²) in [4.78, 5) is 11.6. The monoisotopic (exact) mass is 239 g/mol. The number of benzene rings is 1. The van der Waals surface area contributed by atoms with Crippen LogP contribution in [0.15, 0.2) is 48.7 Å². The minimum absolute atomic E-state index is 0.470. The highest BCUT2D eigenvalue weighted by atomic mass is 32.1. The summed E-state index contributed by atoms with van der Waals surface area (Å²) in [6.07, 6.45) is 1.69. The minimum Gasteiger partial charge on any atom is -0.329 e. The number of H-pyrrole nitrogens is 1. The van der Waals surface area contributed by atoms with Gasteiger partial charge in [0.2, 0.25) is 0 Å². The van der Waals surface area contributed by atoms with Crippen LogP contribution in [0.25, 0.3) is 22.3 Å². The van der Waals surface area contributed by atoms with Gasteiger partial charge in [-0.1, -0.05) is 24.3 Å². The predicted octanol–water partition coefficient (Wildman–Crippen LogP) is 3.35. The molecule has 3 rings (SSSR count). The lowest BCUT2D eigenvalue weighted by atomic mass is 10.2. The third-order valence-electron chi connectivity index (χ3n) is 2.55. The Hall–Kier alpha value is -2.07. The lowest BCUT2D eigenvalue weighted by molar-refractivity contribution is 1.13. The fraction of sp³-hybridized carbons (Fsp3) is 0. The van der Waals surface area contributed by atoms with Gasteiger partial charge in [0.1, 0.15) is 0 Å². The van der Waals surface area contributed by atoms with Crippen molar-refractivity contribution in [3.63, 3.8) is 0 Å². The molecule has 82 valence electrons. The number of para-hydroxylation sites is 1. The fourth-order valence-electron chi connectivity index (χ4n) is 1.73. The number of hydrogen-bond acceptors (Lipinski definition) is 3. The summed E-state index contributed by atoms with van der Waals surface area (Å²) in [5, 5.41) is 1.13. The topological polar surface area (TPSA) is 41.6 Å². The SMILES string of the molecule is S=c1nccc(-c2ccc3ccccc3n2)[nH]1. The summed E-state index contributed by atoms with van der Waals surface area (Å²) < 4.78 is 0.470. The molecule has 0 fully saturated rings. The van der Waals surface area contributed by atoms with E-state index in [9.17, 15) is 0 Å². The van der Waals surface area contributed by atoms with Gasteiger partial charge in [-0.25, -0.2) is 9.97 Å². The Bertz CT molecular complexity index is 734. The highest BCUT2D eigenvalue weighted by Gasteiger charge is 2.01. The summed E-state index contributed by atoms with van der Waals surface area (Å²) in [5.41, 5.74) is 2.73. The van der Waals surface area contributed by atoms with Gasteiger partial charge in [0.15, 0.2) is 4.77 Å². The van der Waals surface area contributed by atoms with Crippen LogP contribution in [0.5, 0.6) is 0 Å². The zero-order valence-electron chi connectivity index (χ0n) is 8.92. The molecule has 0 saturated heterocycles. The van der Waals surface area contributed by atoms with Crippen molar-refractivity contribution in [1.29, 1.82) is 0 Å². The van der Waals surface area contributed by atoms with Gasteiger partial charge < -0.3 is 4.98 Å². The molecule has 0 spiro atoms. The largest absolute Gasteiger partial charge is 0.329 e. The Balaban J connectivity index is 2.21. The highest BCUT2D eigenvalue weighted by molar-refractivity contribution is 7.71. The van der Waals surface area contributed by atoms with Crippen molar-refractivity contribution in [3.8, 4) is 11.4 Å². The second kappa shape index (κ2) is 4.07. The molecule has 3 aromatic rings. The highest BCUT2D eigenvalue weighted by Crippen LogP contribution is 2.18. The molecule has 0 aliphatic rings. The molecular formula is C13H9N3S. The summed E-state index contributed by atoms with van der Waals surface area (Å²) in [7, 11) is 0. The first-order valence-corrected chi connectivity index (χ1v) is 5.65. The zero-order valence-corrected chi connectivity index (χ0v) is 9.74. The van der Waals surface area contributed by atoms with Crippen LogP contribution in [-0.2, 0) is 0 Å². The molecule has 4 heteroatoms. The Kier molecular flexibility index (Phi) is 2.42. The molecule has 0 aliphatic carbocycles. The number of hydrogen-bond donors (Lipinski definition) is 1. The Labute approximate surface area is 103 Å². The molecular weight excluding hydrogens is 230 g/mol.